The van der Waals surface area contributed by atoms with E-state index in [2.05, 4.69) is 35.9 Å². The lowest BCUT2D eigenvalue weighted by Crippen LogP contribution is -2.58. The van der Waals surface area contributed by atoms with Gasteiger partial charge in [-0.2, -0.15) is 0 Å². The molecule has 4 unspecified atom stereocenters. The molecule has 4 atom stereocenters. The monoisotopic (exact) mass is 660 g/mol. The Morgan fingerprint density at radius 2 is 1.54 bits per heavy atom. The fraction of sp³-hybridized carbons (Fsp3) is 0.312. The van der Waals surface area contributed by atoms with Gasteiger partial charge in [-0.3, -0.25) is 19.4 Å². The predicted octanol–water partition coefficient (Wildman–Crippen LogP) is -0.456. The van der Waals surface area contributed by atoms with E-state index in [9.17, 15) is 29.4 Å². The van der Waals surface area contributed by atoms with Crippen LogP contribution in [0.2, 0.25) is 0 Å². The molecule has 0 saturated heterocycles. The summed E-state index contributed by atoms with van der Waals surface area (Å²) in [6.45, 7) is 0.148. The molecule has 16 heteroatoms. The number of phenolic OH excluding ortho intramolecular Hbond substituents is 1. The van der Waals surface area contributed by atoms with E-state index < -0.39 is 47.9 Å². The molecule has 0 saturated carbocycles. The first-order valence-corrected chi connectivity index (χ1v) is 15.2. The van der Waals surface area contributed by atoms with Gasteiger partial charge in [0.25, 0.3) is 0 Å². The Balaban J connectivity index is 1.52. The number of imidazole rings is 1. The standard InChI is InChI=1S/C32H40N10O6/c33-23(13-19-15-38-24-5-2-1-4-22(19)24)28(44)41-26(12-18-7-9-21(43)10-8-18)30(46)40-25(6-3-11-37-32(34)35)29(45)42-27(31(47)48)14-20-16-36-17-39-20/h1-2,4-5,7-10,15-17,23,25-27,38,43H,3,6,11-14,33H2,(H,36,39)(H,40,46)(H,41,44)(H,42,45)(H,47,48)(H4,34,35,37). The number of guanidine groups is 1. The van der Waals surface area contributed by atoms with E-state index in [1.54, 1.807) is 18.3 Å². The van der Waals surface area contributed by atoms with E-state index in [4.69, 9.17) is 17.2 Å². The number of benzene rings is 2. The van der Waals surface area contributed by atoms with Gasteiger partial charge < -0.3 is 53.3 Å². The smallest absolute Gasteiger partial charge is 0.326 e. The highest BCUT2D eigenvalue weighted by molar-refractivity contribution is 5.94. The SMILES string of the molecule is NC(N)=NCCCC(NC(=O)C(Cc1ccc(O)cc1)NC(=O)C(N)Cc1c[nH]c2ccccc12)C(=O)NC(Cc1cnc[nH]1)C(=O)O. The minimum atomic E-state index is -1.33. The quantitative estimate of drug-likeness (QED) is 0.0395. The molecule has 0 fully saturated rings. The molecular formula is C32H40N10O6. The van der Waals surface area contributed by atoms with Crippen molar-refractivity contribution < 1.29 is 29.4 Å². The van der Waals surface area contributed by atoms with Gasteiger partial charge >= 0.3 is 5.97 Å². The number of carbonyl (C=O) groups excluding carboxylic acids is 3. The number of phenols is 1. The fourth-order valence-electron chi connectivity index (χ4n) is 5.12. The summed E-state index contributed by atoms with van der Waals surface area (Å²) in [5, 5.41) is 28.3. The maximum Gasteiger partial charge on any atom is 0.326 e. The highest BCUT2D eigenvalue weighted by Gasteiger charge is 2.31. The number of hydrogen-bond acceptors (Lipinski definition) is 8. The number of rotatable bonds is 17. The van der Waals surface area contributed by atoms with Crippen molar-refractivity contribution in [3.05, 3.63) is 84.1 Å². The van der Waals surface area contributed by atoms with Gasteiger partial charge in [0.15, 0.2) is 5.96 Å². The van der Waals surface area contributed by atoms with Crippen LogP contribution in [-0.2, 0) is 38.4 Å². The zero-order chi connectivity index (χ0) is 34.6. The summed E-state index contributed by atoms with van der Waals surface area (Å²) >= 11 is 0. The van der Waals surface area contributed by atoms with E-state index in [1.165, 1.54) is 24.7 Å². The van der Waals surface area contributed by atoms with Crippen molar-refractivity contribution >= 4 is 40.6 Å². The summed E-state index contributed by atoms with van der Waals surface area (Å²) in [4.78, 5) is 66.3. The minimum absolute atomic E-state index is 0.00241. The number of nitrogens with one attached hydrogen (secondary N) is 5. The molecule has 0 bridgehead atoms. The van der Waals surface area contributed by atoms with Gasteiger partial charge in [-0.1, -0.05) is 30.3 Å². The van der Waals surface area contributed by atoms with Crippen molar-refractivity contribution in [1.29, 1.82) is 0 Å². The molecule has 0 spiro atoms. The number of para-hydroxylation sites is 1. The Kier molecular flexibility index (Phi) is 12.1. The van der Waals surface area contributed by atoms with Crippen LogP contribution in [0, 0.1) is 0 Å². The van der Waals surface area contributed by atoms with Crippen molar-refractivity contribution in [2.45, 2.75) is 56.3 Å². The molecule has 2 heterocycles. The van der Waals surface area contributed by atoms with Gasteiger partial charge in [-0.25, -0.2) is 9.78 Å². The van der Waals surface area contributed by atoms with Crippen molar-refractivity contribution in [3.63, 3.8) is 0 Å². The normalized spacial score (nSPS) is 13.5. The number of aromatic nitrogens is 3. The van der Waals surface area contributed by atoms with Crippen LogP contribution >= 0.6 is 0 Å². The molecule has 4 rings (SSSR count). The van der Waals surface area contributed by atoms with E-state index in [1.807, 2.05) is 24.3 Å². The van der Waals surface area contributed by atoms with Crippen molar-refractivity contribution in [2.24, 2.45) is 22.2 Å². The van der Waals surface area contributed by atoms with Crippen LogP contribution in [0.1, 0.15) is 29.7 Å². The number of aliphatic carboxylic acids is 1. The first kappa shape index (κ1) is 35.0. The number of nitrogens with zero attached hydrogens (tertiary/aromatic N) is 2. The average molecular weight is 661 g/mol. The number of fused-ring (bicyclic) bond motifs is 1. The Morgan fingerprint density at radius 3 is 2.23 bits per heavy atom. The molecule has 0 aliphatic heterocycles. The lowest BCUT2D eigenvalue weighted by Gasteiger charge is -2.25. The van der Waals surface area contributed by atoms with Crippen LogP contribution in [-0.4, -0.2) is 85.5 Å². The topological polar surface area (TPSA) is 280 Å². The Bertz CT molecular complexity index is 1720. The number of carboxylic acids is 1. The predicted molar refractivity (Wildman–Crippen MR) is 177 cm³/mol. The molecule has 0 aliphatic carbocycles. The van der Waals surface area contributed by atoms with E-state index in [-0.39, 0.29) is 50.4 Å². The zero-order valence-electron chi connectivity index (χ0n) is 26.1. The van der Waals surface area contributed by atoms with Gasteiger partial charge in [0.1, 0.15) is 23.9 Å². The summed E-state index contributed by atoms with van der Waals surface area (Å²) in [5.74, 6) is -3.48. The largest absolute Gasteiger partial charge is 0.508 e. The van der Waals surface area contributed by atoms with Gasteiger partial charge in [-0.15, -0.1) is 0 Å². The zero-order valence-corrected chi connectivity index (χ0v) is 26.1. The highest BCUT2D eigenvalue weighted by atomic mass is 16.4. The molecule has 254 valence electrons. The molecular weight excluding hydrogens is 620 g/mol. The third-order valence-electron chi connectivity index (χ3n) is 7.63. The molecule has 3 amide bonds. The summed E-state index contributed by atoms with van der Waals surface area (Å²) in [5.41, 5.74) is 19.9. The minimum Gasteiger partial charge on any atom is -0.508 e. The summed E-state index contributed by atoms with van der Waals surface area (Å²) in [6, 6.07) is 8.92. The maximum atomic E-state index is 13.8. The first-order valence-electron chi connectivity index (χ1n) is 15.2. The molecule has 4 aromatic rings. The van der Waals surface area contributed by atoms with Crippen LogP contribution < -0.4 is 33.2 Å². The number of carboxylic acid groups (broad SMARTS) is 1. The lowest BCUT2D eigenvalue weighted by atomic mass is 10.0. The number of carbonyl (C=O) groups is 4. The van der Waals surface area contributed by atoms with Crippen LogP contribution in [0.4, 0.5) is 0 Å². The first-order chi connectivity index (χ1) is 23.0. The second-order valence-electron chi connectivity index (χ2n) is 11.3. The van der Waals surface area contributed by atoms with Gasteiger partial charge in [0.05, 0.1) is 12.4 Å². The Hall–Kier alpha value is -5.90. The van der Waals surface area contributed by atoms with E-state index in [0.717, 1.165) is 16.5 Å². The number of aromatic hydroxyl groups is 1. The molecule has 48 heavy (non-hydrogen) atoms. The molecule has 2 aromatic carbocycles. The Morgan fingerprint density at radius 1 is 0.854 bits per heavy atom. The van der Waals surface area contributed by atoms with Crippen LogP contribution in [0.5, 0.6) is 5.75 Å². The van der Waals surface area contributed by atoms with Gasteiger partial charge in [0, 0.05) is 48.4 Å². The number of amides is 3. The molecule has 16 nitrogen and oxygen atoms in total. The summed E-state index contributed by atoms with van der Waals surface area (Å²) in [6.07, 6.45) is 5.02. The maximum absolute atomic E-state index is 13.8. The summed E-state index contributed by atoms with van der Waals surface area (Å²) < 4.78 is 0. The Labute approximate surface area is 275 Å². The van der Waals surface area contributed by atoms with Gasteiger partial charge in [0.2, 0.25) is 17.7 Å². The highest BCUT2D eigenvalue weighted by Crippen LogP contribution is 2.19. The molecule has 2 aromatic heterocycles. The summed E-state index contributed by atoms with van der Waals surface area (Å²) in [7, 11) is 0. The van der Waals surface area contributed by atoms with Crippen molar-refractivity contribution in [1.82, 2.24) is 30.9 Å². The van der Waals surface area contributed by atoms with Crippen molar-refractivity contribution in [2.75, 3.05) is 6.54 Å². The third-order valence-corrected chi connectivity index (χ3v) is 7.63. The second-order valence-corrected chi connectivity index (χ2v) is 11.3. The number of aliphatic imine (C=N–C) groups is 1. The average Bonchev–Trinajstić information content (AvgIpc) is 3.72. The second kappa shape index (κ2) is 16.6. The van der Waals surface area contributed by atoms with E-state index in [0.29, 0.717) is 11.3 Å². The van der Waals surface area contributed by atoms with Gasteiger partial charge in [-0.05, 0) is 48.6 Å². The van der Waals surface area contributed by atoms with E-state index >= 15 is 0 Å². The molecule has 0 radical (unpaired) electrons. The lowest BCUT2D eigenvalue weighted by molar-refractivity contribution is -0.142. The fourth-order valence-corrected chi connectivity index (χ4v) is 5.12. The number of hydrogen-bond donors (Lipinski definition) is 10. The number of aromatic amines is 2. The van der Waals surface area contributed by atoms with Crippen LogP contribution in [0.15, 0.2) is 72.2 Å². The van der Waals surface area contributed by atoms with Crippen molar-refractivity contribution in [3.8, 4) is 5.75 Å². The van der Waals surface area contributed by atoms with Crippen LogP contribution in [0.3, 0.4) is 0 Å². The van der Waals surface area contributed by atoms with Crippen LogP contribution in [0.25, 0.3) is 10.9 Å². The third kappa shape index (κ3) is 10.1. The number of H-pyrrole nitrogens is 2. The number of nitrogens with two attached hydrogens (primary N) is 3. The molecule has 13 N–H and O–H groups in total. The molecule has 0 aliphatic rings.